The van der Waals surface area contributed by atoms with E-state index in [1.807, 2.05) is 0 Å². The maximum atomic E-state index is 11.5. The number of aromatic amines is 1. The Hall–Kier alpha value is -0.960. The second-order valence-corrected chi connectivity index (χ2v) is 4.61. The van der Waals surface area contributed by atoms with Crippen LogP contribution in [0.4, 0.5) is 0 Å². The largest absolute Gasteiger partial charge is 0.394 e. The first-order valence-electron chi connectivity index (χ1n) is 4.98. The highest BCUT2D eigenvalue weighted by Gasteiger charge is 2.35. The molecule has 94 valence electrons. The van der Waals surface area contributed by atoms with Gasteiger partial charge in [0, 0.05) is 12.6 Å². The minimum atomic E-state index is -0.831. The van der Waals surface area contributed by atoms with E-state index in [0.717, 1.165) is 0 Å². The molecule has 0 amide bonds. The van der Waals surface area contributed by atoms with Gasteiger partial charge >= 0.3 is 5.69 Å². The molecule has 0 saturated carbocycles. The normalized spacial score (nSPS) is 28.5. The number of nitrogens with zero attached hydrogens (tertiary/aromatic N) is 1. The molecule has 1 aliphatic heterocycles. The summed E-state index contributed by atoms with van der Waals surface area (Å²) in [7, 11) is 0. The number of aliphatic hydroxyl groups excluding tert-OH is 2. The van der Waals surface area contributed by atoms with Gasteiger partial charge in [-0.3, -0.25) is 14.3 Å². The molecule has 0 spiro atoms. The number of hydrogen-bond donors (Lipinski definition) is 3. The van der Waals surface area contributed by atoms with Crippen LogP contribution in [0, 0.1) is 0 Å². The summed E-state index contributed by atoms with van der Waals surface area (Å²) >= 11 is 3.00. The minimum absolute atomic E-state index is 0.184. The maximum Gasteiger partial charge on any atom is 0.330 e. The van der Waals surface area contributed by atoms with E-state index in [1.54, 1.807) is 0 Å². The zero-order chi connectivity index (χ0) is 12.6. The van der Waals surface area contributed by atoms with Crippen LogP contribution in [0.25, 0.3) is 0 Å². The van der Waals surface area contributed by atoms with Crippen LogP contribution >= 0.6 is 15.9 Å². The predicted molar refractivity (Wildman–Crippen MR) is 60.6 cm³/mol. The number of nitrogens with one attached hydrogen (secondary N) is 1. The summed E-state index contributed by atoms with van der Waals surface area (Å²) in [5, 5.41) is 18.5. The summed E-state index contributed by atoms with van der Waals surface area (Å²) in [6.45, 7) is -0.322. The molecule has 8 heteroatoms. The van der Waals surface area contributed by atoms with E-state index in [0.29, 0.717) is 0 Å². The highest BCUT2D eigenvalue weighted by atomic mass is 79.9. The lowest BCUT2D eigenvalue weighted by Crippen LogP contribution is -2.32. The van der Waals surface area contributed by atoms with E-state index in [2.05, 4.69) is 20.9 Å². The molecule has 1 fully saturated rings. The van der Waals surface area contributed by atoms with Gasteiger partial charge in [0.05, 0.1) is 17.2 Å². The molecule has 17 heavy (non-hydrogen) atoms. The van der Waals surface area contributed by atoms with E-state index >= 15 is 0 Å². The Labute approximate surface area is 104 Å². The van der Waals surface area contributed by atoms with Crippen LogP contribution in [-0.2, 0) is 4.74 Å². The topological polar surface area (TPSA) is 105 Å². The van der Waals surface area contributed by atoms with Gasteiger partial charge in [0.15, 0.2) is 0 Å². The monoisotopic (exact) mass is 307 g/mol. The van der Waals surface area contributed by atoms with Crippen molar-refractivity contribution in [3.05, 3.63) is 31.5 Å². The lowest BCUT2D eigenvalue weighted by atomic mass is 10.2. The smallest absolute Gasteiger partial charge is 0.330 e. The first-order valence-corrected chi connectivity index (χ1v) is 5.77. The zero-order valence-electron chi connectivity index (χ0n) is 8.67. The lowest BCUT2D eigenvalue weighted by molar-refractivity contribution is -0.0459. The van der Waals surface area contributed by atoms with E-state index in [9.17, 15) is 14.7 Å². The standard InChI is InChI=1S/C9H11BrN2O5/c10-4-2-12(9(16)11-8(4)15)7-1-5(14)6(3-13)17-7/h2,5-7,13-14H,1,3H2,(H,11,15,16)/t5-,6+,7+/m0/s1/i10+0. The van der Waals surface area contributed by atoms with Crippen LogP contribution in [0.2, 0.25) is 0 Å². The van der Waals surface area contributed by atoms with Crippen molar-refractivity contribution in [2.75, 3.05) is 6.61 Å². The van der Waals surface area contributed by atoms with Crippen LogP contribution < -0.4 is 11.2 Å². The Balaban J connectivity index is 2.34. The second kappa shape index (κ2) is 4.73. The fraction of sp³-hybridized carbons (Fsp3) is 0.556. The number of aromatic nitrogens is 2. The van der Waals surface area contributed by atoms with Gasteiger partial charge in [0.2, 0.25) is 0 Å². The Kier molecular flexibility index (Phi) is 3.48. The average molecular weight is 307 g/mol. The molecule has 0 aromatic carbocycles. The van der Waals surface area contributed by atoms with Gasteiger partial charge in [-0.15, -0.1) is 0 Å². The molecular weight excluding hydrogens is 296 g/mol. The van der Waals surface area contributed by atoms with Gasteiger partial charge in [0.1, 0.15) is 12.3 Å². The molecule has 1 saturated heterocycles. The van der Waals surface area contributed by atoms with Crippen LogP contribution in [0.5, 0.6) is 0 Å². The van der Waals surface area contributed by atoms with Crippen molar-refractivity contribution in [3.63, 3.8) is 0 Å². The van der Waals surface area contributed by atoms with Gasteiger partial charge in [-0.2, -0.15) is 0 Å². The molecule has 2 rings (SSSR count). The molecule has 3 N–H and O–H groups in total. The predicted octanol–water partition coefficient (Wildman–Crippen LogP) is -1.06. The average Bonchev–Trinajstić information content (AvgIpc) is 2.65. The summed E-state index contributed by atoms with van der Waals surface area (Å²) < 4.78 is 6.67. The minimum Gasteiger partial charge on any atom is -0.394 e. The third kappa shape index (κ3) is 2.34. The van der Waals surface area contributed by atoms with Crippen molar-refractivity contribution in [2.24, 2.45) is 0 Å². The van der Waals surface area contributed by atoms with Crippen molar-refractivity contribution in [1.29, 1.82) is 0 Å². The number of H-pyrrole nitrogens is 1. The van der Waals surface area contributed by atoms with Gasteiger partial charge in [-0.1, -0.05) is 0 Å². The lowest BCUT2D eigenvalue weighted by Gasteiger charge is -2.14. The molecule has 2 heterocycles. The maximum absolute atomic E-state index is 11.5. The fourth-order valence-electron chi connectivity index (χ4n) is 1.72. The van der Waals surface area contributed by atoms with E-state index in [1.165, 1.54) is 10.8 Å². The number of halogens is 1. The van der Waals surface area contributed by atoms with Gasteiger partial charge < -0.3 is 14.9 Å². The van der Waals surface area contributed by atoms with E-state index in [4.69, 9.17) is 9.84 Å². The molecule has 3 atom stereocenters. The molecule has 1 aliphatic rings. The molecular formula is C9H11BrN2O5. The van der Waals surface area contributed by atoms with Crippen molar-refractivity contribution < 1.29 is 14.9 Å². The number of hydrogen-bond acceptors (Lipinski definition) is 5. The van der Waals surface area contributed by atoms with Crippen molar-refractivity contribution in [1.82, 2.24) is 9.55 Å². The van der Waals surface area contributed by atoms with Crippen LogP contribution in [-0.4, -0.2) is 38.6 Å². The third-order valence-electron chi connectivity index (χ3n) is 2.62. The summed E-state index contributed by atoms with van der Waals surface area (Å²) in [6.07, 6.45) is -0.745. The van der Waals surface area contributed by atoms with Crippen LogP contribution in [0.1, 0.15) is 12.6 Å². The molecule has 0 unspecified atom stereocenters. The second-order valence-electron chi connectivity index (χ2n) is 3.76. The molecule has 1 aromatic rings. The van der Waals surface area contributed by atoms with Crippen LogP contribution in [0.15, 0.2) is 20.3 Å². The summed E-state index contributed by atoms with van der Waals surface area (Å²) in [6, 6.07) is 0. The molecule has 7 nitrogen and oxygen atoms in total. The molecule has 1 aromatic heterocycles. The van der Waals surface area contributed by atoms with Gasteiger partial charge in [-0.05, 0) is 15.9 Å². The number of aliphatic hydroxyl groups is 2. The van der Waals surface area contributed by atoms with Crippen molar-refractivity contribution >= 4 is 15.9 Å². The zero-order valence-corrected chi connectivity index (χ0v) is 10.3. The highest BCUT2D eigenvalue weighted by Crippen LogP contribution is 2.27. The Morgan fingerprint density at radius 3 is 2.88 bits per heavy atom. The Bertz CT molecular complexity index is 525. The van der Waals surface area contributed by atoms with Crippen molar-refractivity contribution in [2.45, 2.75) is 24.9 Å². The van der Waals surface area contributed by atoms with E-state index in [-0.39, 0.29) is 17.5 Å². The first kappa shape index (κ1) is 12.5. The van der Waals surface area contributed by atoms with Crippen LogP contribution in [0.3, 0.4) is 0 Å². The first-order chi connectivity index (χ1) is 8.02. The summed E-state index contributed by atoms with van der Waals surface area (Å²) in [4.78, 5) is 24.8. The molecule has 0 bridgehead atoms. The molecule has 0 radical (unpaired) electrons. The SMILES string of the molecule is O=c1[nH]c(=O)n([C@H]2C[C@H](O)[C@@H](CO)O2)cc1[80Br]. The fourth-order valence-corrected chi connectivity index (χ4v) is 2.04. The Morgan fingerprint density at radius 2 is 2.29 bits per heavy atom. The number of rotatable bonds is 2. The van der Waals surface area contributed by atoms with Crippen molar-refractivity contribution in [3.8, 4) is 0 Å². The number of ether oxygens (including phenoxy) is 1. The van der Waals surface area contributed by atoms with Gasteiger partial charge in [-0.25, -0.2) is 4.79 Å². The quantitative estimate of drug-likeness (QED) is 0.646. The third-order valence-corrected chi connectivity index (χ3v) is 3.18. The summed E-state index contributed by atoms with van der Waals surface area (Å²) in [5.41, 5.74) is -1.14. The van der Waals surface area contributed by atoms with Gasteiger partial charge in [0.25, 0.3) is 5.56 Å². The van der Waals surface area contributed by atoms with E-state index < -0.39 is 29.7 Å². The molecule has 0 aliphatic carbocycles. The summed E-state index contributed by atoms with van der Waals surface area (Å²) in [5.74, 6) is 0. The highest BCUT2D eigenvalue weighted by molar-refractivity contribution is 9.10. The Morgan fingerprint density at radius 1 is 1.59 bits per heavy atom.